The maximum atomic E-state index is 9.22. The van der Waals surface area contributed by atoms with Crippen LogP contribution in [0, 0.1) is 0 Å². The first-order valence-electron chi connectivity index (χ1n) is 1.02. The van der Waals surface area contributed by atoms with E-state index in [-0.39, 0.29) is 8.34 Å². The van der Waals surface area contributed by atoms with Crippen molar-refractivity contribution in [3.05, 3.63) is 0 Å². The van der Waals surface area contributed by atoms with Crippen LogP contribution in [0.4, 0.5) is 0 Å². The molecular formula is CH3BOP. The molecule has 21 valence electrons. The second kappa shape index (κ2) is 3.16. The van der Waals surface area contributed by atoms with E-state index in [0.717, 1.165) is 0 Å². The summed E-state index contributed by atoms with van der Waals surface area (Å²) in [5.41, 5.74) is 0. The minimum absolute atomic E-state index is 0.123. The Bertz CT molecular complexity index is 22.0. The zero-order valence-electron chi connectivity index (χ0n) is 2.43. The Kier molecular flexibility index (Phi) is 3.30. The highest BCUT2D eigenvalue weighted by atomic mass is 31.1. The zero-order chi connectivity index (χ0) is 3.41. The topological polar surface area (TPSA) is 17.1 Å². The summed E-state index contributed by atoms with van der Waals surface area (Å²) in [5.74, 6) is 0. The lowest BCUT2D eigenvalue weighted by Gasteiger charge is -1.43. The number of hydrogen-bond donors (Lipinski definition) is 0. The van der Waals surface area contributed by atoms with Crippen LogP contribution in [0.25, 0.3) is 0 Å². The Morgan fingerprint density at radius 3 is 2.25 bits per heavy atom. The van der Waals surface area contributed by atoms with Crippen LogP contribution in [-0.2, 0) is 4.57 Å². The van der Waals surface area contributed by atoms with E-state index in [4.69, 9.17) is 0 Å². The van der Waals surface area contributed by atoms with E-state index in [1.807, 2.05) is 0 Å². The predicted octanol–water partition coefficient (Wildman–Crippen LogP) is 0.945. The Labute approximate surface area is 27.8 Å². The smallest absolute Gasteiger partial charge is 0.237 e. The van der Waals surface area contributed by atoms with E-state index in [1.165, 1.54) is 0 Å². The van der Waals surface area contributed by atoms with Crippen LogP contribution in [0.15, 0.2) is 0 Å². The van der Waals surface area contributed by atoms with Crippen molar-refractivity contribution in [3.8, 4) is 0 Å². The fourth-order valence-corrected chi connectivity index (χ4v) is 0. The molecule has 0 N–H and O–H groups in total. The molecule has 4 heavy (non-hydrogen) atoms. The molecule has 0 fully saturated rings. The first-order valence-corrected chi connectivity index (χ1v) is 1.90. The summed E-state index contributed by atoms with van der Waals surface area (Å²) >= 11 is 0. The molecule has 1 nitrogen and oxygen atoms in total. The van der Waals surface area contributed by atoms with Crippen molar-refractivity contribution in [2.24, 2.45) is 0 Å². The van der Waals surface area contributed by atoms with Crippen LogP contribution in [-0.4, -0.2) is 7.00 Å². The summed E-state index contributed by atoms with van der Waals surface area (Å²) in [6, 6.07) is 0. The number of rotatable bonds is 1. The Balaban J connectivity index is 2.30. The maximum Gasteiger partial charge on any atom is 0.237 e. The first-order chi connectivity index (χ1) is 1.91. The molecule has 0 atom stereocenters. The van der Waals surface area contributed by atoms with Gasteiger partial charge in [-0.25, -0.2) is 0 Å². The number of hydrogen-bond acceptors (Lipinski definition) is 1. The summed E-state index contributed by atoms with van der Waals surface area (Å²) in [4.78, 5) is 0. The molecule has 0 spiro atoms. The second-order valence-corrected chi connectivity index (χ2v) is 1.09. The summed E-state index contributed by atoms with van der Waals surface area (Å²) in [5, 5.41) is 0. The normalized spacial score (nSPS) is 7.25. The maximum absolute atomic E-state index is 9.22. The third-order valence-electron chi connectivity index (χ3n) is 0.105. The monoisotopic (exact) mass is 73.0 g/mol. The largest absolute Gasteiger partial charge is 0.289 e. The molecule has 0 unspecified atom stereocenters. The van der Waals surface area contributed by atoms with Crippen LogP contribution in [0.1, 0.15) is 0 Å². The van der Waals surface area contributed by atoms with Crippen molar-refractivity contribution >= 4 is 15.3 Å². The lowest BCUT2D eigenvalue weighted by molar-refractivity contribution is 0.605. The van der Waals surface area contributed by atoms with Crippen molar-refractivity contribution in [2.75, 3.05) is 0 Å². The van der Waals surface area contributed by atoms with E-state index in [0.29, 0.717) is 0 Å². The van der Waals surface area contributed by atoms with E-state index in [2.05, 4.69) is 0 Å². The van der Waals surface area contributed by atoms with E-state index >= 15 is 0 Å². The average Bonchev–Trinajstić information content (AvgIpc) is 1.37. The van der Waals surface area contributed by atoms with E-state index < -0.39 is 0 Å². The summed E-state index contributed by atoms with van der Waals surface area (Å²) in [6.07, 6.45) is 0. The van der Waals surface area contributed by atoms with Crippen LogP contribution in [0.3, 0.4) is 0 Å². The van der Waals surface area contributed by atoms with Gasteiger partial charge in [0.15, 0.2) is 0 Å². The molecule has 0 aliphatic carbocycles. The molecule has 3 heteroatoms. The highest BCUT2D eigenvalue weighted by Crippen LogP contribution is 1.78. The summed E-state index contributed by atoms with van der Waals surface area (Å²) in [6.45, 7) is 3.27. The molecule has 0 rings (SSSR count). The lowest BCUT2D eigenvalue weighted by Crippen LogP contribution is -1.48. The van der Waals surface area contributed by atoms with E-state index in [1.54, 1.807) is 13.8 Å². The van der Waals surface area contributed by atoms with Crippen LogP contribution in [0.2, 0.25) is 6.82 Å². The molecule has 0 aliphatic rings. The van der Waals surface area contributed by atoms with Gasteiger partial charge >= 0.3 is 0 Å². The fourth-order valence-electron chi connectivity index (χ4n) is 0. The molecule has 0 saturated carbocycles. The third-order valence-corrected chi connectivity index (χ3v) is 0.316. The molecule has 0 heterocycles. The van der Waals surface area contributed by atoms with Gasteiger partial charge in [0.05, 0.1) is 8.34 Å². The second-order valence-electron chi connectivity index (χ2n) is 0.364. The van der Waals surface area contributed by atoms with Gasteiger partial charge in [-0.3, -0.25) is 4.57 Å². The SMILES string of the molecule is C[B]P=O. The molecule has 0 saturated heterocycles. The summed E-state index contributed by atoms with van der Waals surface area (Å²) < 4.78 is 9.22. The van der Waals surface area contributed by atoms with Crippen molar-refractivity contribution < 1.29 is 4.57 Å². The minimum atomic E-state index is 0.123. The fraction of sp³-hybridized carbons (Fsp3) is 1.00. The van der Waals surface area contributed by atoms with Crippen molar-refractivity contribution in [2.45, 2.75) is 6.82 Å². The van der Waals surface area contributed by atoms with Crippen molar-refractivity contribution in [1.29, 1.82) is 0 Å². The standard InChI is InChI=1S/CH3BOP/c1-2-4-3/h1H3. The van der Waals surface area contributed by atoms with Gasteiger partial charge in [0.1, 0.15) is 0 Å². The Hall–Kier alpha value is 0.165. The molecule has 0 aromatic carbocycles. The van der Waals surface area contributed by atoms with Crippen LogP contribution < -0.4 is 0 Å². The van der Waals surface area contributed by atoms with Gasteiger partial charge in [-0.05, 0) is 0 Å². The highest BCUT2D eigenvalue weighted by Gasteiger charge is 1.62. The van der Waals surface area contributed by atoms with Gasteiger partial charge < -0.3 is 0 Å². The first kappa shape index (κ1) is 4.16. The van der Waals surface area contributed by atoms with Gasteiger partial charge in [-0.15, -0.1) is 0 Å². The van der Waals surface area contributed by atoms with Gasteiger partial charge in [0, 0.05) is 0 Å². The highest BCUT2D eigenvalue weighted by molar-refractivity contribution is 7.60. The van der Waals surface area contributed by atoms with Crippen molar-refractivity contribution in [1.82, 2.24) is 0 Å². The Morgan fingerprint density at radius 1 is 2.00 bits per heavy atom. The predicted molar refractivity (Wildman–Crippen MR) is 19.2 cm³/mol. The summed E-state index contributed by atoms with van der Waals surface area (Å²) in [7, 11) is 0.123. The molecule has 1 radical (unpaired) electrons. The quantitative estimate of drug-likeness (QED) is 0.333. The average molecular weight is 72.8 g/mol. The molecule has 0 amide bonds. The molecule has 0 bridgehead atoms. The minimum Gasteiger partial charge on any atom is -0.289 e. The third kappa shape index (κ3) is 2.16. The van der Waals surface area contributed by atoms with Crippen LogP contribution >= 0.6 is 8.34 Å². The zero-order valence-corrected chi connectivity index (χ0v) is 3.33. The molecular weight excluding hydrogens is 69.8 g/mol. The lowest BCUT2D eigenvalue weighted by atomic mass is 10.2. The molecule has 0 aromatic heterocycles. The van der Waals surface area contributed by atoms with Gasteiger partial charge in [0.25, 0.3) is 0 Å². The molecule has 0 aromatic rings. The van der Waals surface area contributed by atoms with Crippen molar-refractivity contribution in [3.63, 3.8) is 0 Å². The molecule has 0 aliphatic heterocycles. The Morgan fingerprint density at radius 2 is 2.25 bits per heavy atom. The van der Waals surface area contributed by atoms with Gasteiger partial charge in [-0.2, -0.15) is 0 Å². The van der Waals surface area contributed by atoms with Gasteiger partial charge in [-0.1, -0.05) is 6.82 Å². The van der Waals surface area contributed by atoms with Gasteiger partial charge in [0.2, 0.25) is 7.00 Å². The van der Waals surface area contributed by atoms with E-state index in [9.17, 15) is 4.57 Å². The van der Waals surface area contributed by atoms with Crippen LogP contribution in [0.5, 0.6) is 0 Å².